The van der Waals surface area contributed by atoms with Crippen molar-refractivity contribution in [3.63, 3.8) is 0 Å². The van der Waals surface area contributed by atoms with Crippen LogP contribution in [-0.4, -0.2) is 22.6 Å². The number of hydrogen-bond acceptors (Lipinski definition) is 4. The molecule has 1 aromatic heterocycles. The molecule has 5 heteroatoms. The molecule has 5 nitrogen and oxygen atoms in total. The molecule has 0 aliphatic carbocycles. The van der Waals surface area contributed by atoms with Crippen LogP contribution in [0.5, 0.6) is 0 Å². The summed E-state index contributed by atoms with van der Waals surface area (Å²) in [5.74, 6) is 0.749. The number of aromatic nitrogens is 2. The van der Waals surface area contributed by atoms with E-state index in [1.807, 2.05) is 23.6 Å². The Hall–Kier alpha value is -1.88. The van der Waals surface area contributed by atoms with Crippen molar-refractivity contribution in [3.05, 3.63) is 34.4 Å². The van der Waals surface area contributed by atoms with Gasteiger partial charge in [0.25, 0.3) is 5.56 Å². The third-order valence-corrected chi connectivity index (χ3v) is 4.21. The van der Waals surface area contributed by atoms with E-state index in [9.17, 15) is 4.79 Å². The van der Waals surface area contributed by atoms with Gasteiger partial charge in [0.05, 0.1) is 16.4 Å². The summed E-state index contributed by atoms with van der Waals surface area (Å²) in [6.07, 6.45) is 2.03. The molecule has 1 atom stereocenters. The number of nitrogen functional groups attached to an aromatic ring is 1. The van der Waals surface area contributed by atoms with Gasteiger partial charge >= 0.3 is 0 Å². The fraction of sp³-hybridized carbons (Fsp3) is 0.467. The standard InChI is InChI=1S/C15H20N4O/c1-10-18-12-6-3-5-11(16)13(12)14(20)19(10)15(2)7-4-8-17-9-15/h3,5-6,17H,4,7-9,16H2,1-2H3/t15-/m0/s1. The van der Waals surface area contributed by atoms with Gasteiger partial charge in [0, 0.05) is 12.2 Å². The van der Waals surface area contributed by atoms with Crippen molar-refractivity contribution in [2.24, 2.45) is 0 Å². The molecule has 20 heavy (non-hydrogen) atoms. The highest BCUT2D eigenvalue weighted by molar-refractivity contribution is 5.89. The molecule has 3 rings (SSSR count). The summed E-state index contributed by atoms with van der Waals surface area (Å²) in [6, 6.07) is 5.43. The highest BCUT2D eigenvalue weighted by Gasteiger charge is 2.31. The summed E-state index contributed by atoms with van der Waals surface area (Å²) in [4.78, 5) is 17.5. The maximum atomic E-state index is 12.9. The number of aryl methyl sites for hydroxylation is 1. The second kappa shape index (κ2) is 4.59. The smallest absolute Gasteiger partial charge is 0.264 e. The van der Waals surface area contributed by atoms with E-state index in [1.165, 1.54) is 0 Å². The molecule has 106 valence electrons. The molecule has 0 amide bonds. The van der Waals surface area contributed by atoms with Gasteiger partial charge in [-0.3, -0.25) is 9.36 Å². The topological polar surface area (TPSA) is 72.9 Å². The Morgan fingerprint density at radius 2 is 2.25 bits per heavy atom. The van der Waals surface area contributed by atoms with Gasteiger partial charge in [-0.1, -0.05) is 6.07 Å². The van der Waals surface area contributed by atoms with Crippen LogP contribution in [0.25, 0.3) is 10.9 Å². The van der Waals surface area contributed by atoms with Crippen molar-refractivity contribution in [3.8, 4) is 0 Å². The average molecular weight is 272 g/mol. The van der Waals surface area contributed by atoms with Gasteiger partial charge in [-0.25, -0.2) is 4.98 Å². The molecule has 0 bridgehead atoms. The SMILES string of the molecule is Cc1nc2cccc(N)c2c(=O)n1[C@@]1(C)CCCNC1. The van der Waals surface area contributed by atoms with E-state index in [1.54, 1.807) is 6.07 Å². The molecule has 1 fully saturated rings. The molecule has 1 saturated heterocycles. The number of nitrogens with zero attached hydrogens (tertiary/aromatic N) is 2. The Bertz CT molecular complexity index is 714. The van der Waals surface area contributed by atoms with Crippen LogP contribution in [0.15, 0.2) is 23.0 Å². The predicted octanol–water partition coefficient (Wildman–Crippen LogP) is 1.39. The van der Waals surface area contributed by atoms with E-state index in [2.05, 4.69) is 17.2 Å². The second-order valence-electron chi connectivity index (χ2n) is 5.82. The lowest BCUT2D eigenvalue weighted by atomic mass is 9.91. The van der Waals surface area contributed by atoms with Crippen molar-refractivity contribution in [2.75, 3.05) is 18.8 Å². The summed E-state index contributed by atoms with van der Waals surface area (Å²) in [5.41, 5.74) is 6.89. The van der Waals surface area contributed by atoms with Crippen LogP contribution >= 0.6 is 0 Å². The molecule has 1 aliphatic heterocycles. The Kier molecular flexibility index (Phi) is 3.01. The molecule has 2 aromatic rings. The average Bonchev–Trinajstić information content (AvgIpc) is 2.38. The minimum atomic E-state index is -0.233. The molecule has 0 spiro atoms. The number of nitrogens with two attached hydrogens (primary N) is 1. The maximum Gasteiger partial charge on any atom is 0.264 e. The van der Waals surface area contributed by atoms with E-state index < -0.39 is 0 Å². The molecule has 2 heterocycles. The second-order valence-corrected chi connectivity index (χ2v) is 5.82. The van der Waals surface area contributed by atoms with E-state index in [0.29, 0.717) is 16.6 Å². The lowest BCUT2D eigenvalue weighted by molar-refractivity contribution is 0.225. The lowest BCUT2D eigenvalue weighted by Gasteiger charge is -2.37. The lowest BCUT2D eigenvalue weighted by Crippen LogP contribution is -2.50. The molecule has 1 aromatic carbocycles. The fourth-order valence-corrected chi connectivity index (χ4v) is 3.23. The van der Waals surface area contributed by atoms with Crippen LogP contribution in [0, 0.1) is 6.92 Å². The Balaban J connectivity index is 2.31. The largest absolute Gasteiger partial charge is 0.398 e. The highest BCUT2D eigenvalue weighted by atomic mass is 16.1. The normalized spacial score (nSPS) is 23.1. The van der Waals surface area contributed by atoms with E-state index in [4.69, 9.17) is 5.73 Å². The number of piperidine rings is 1. The van der Waals surface area contributed by atoms with Gasteiger partial charge in [0.1, 0.15) is 5.82 Å². The monoisotopic (exact) mass is 272 g/mol. The summed E-state index contributed by atoms with van der Waals surface area (Å²) in [6.45, 7) is 5.80. The summed E-state index contributed by atoms with van der Waals surface area (Å²) in [7, 11) is 0. The number of rotatable bonds is 1. The van der Waals surface area contributed by atoms with E-state index >= 15 is 0 Å². The third-order valence-electron chi connectivity index (χ3n) is 4.21. The number of hydrogen-bond donors (Lipinski definition) is 2. The molecule has 1 aliphatic rings. The van der Waals surface area contributed by atoms with Gasteiger partial charge in [-0.15, -0.1) is 0 Å². The van der Waals surface area contributed by atoms with Gasteiger partial charge in [0.15, 0.2) is 0 Å². The molecule has 0 saturated carbocycles. The first kappa shape index (κ1) is 13.1. The Labute approximate surface area is 117 Å². The van der Waals surface area contributed by atoms with Crippen molar-refractivity contribution in [1.29, 1.82) is 0 Å². The first-order valence-electron chi connectivity index (χ1n) is 7.02. The summed E-state index contributed by atoms with van der Waals surface area (Å²) < 4.78 is 1.82. The highest BCUT2D eigenvalue weighted by Crippen LogP contribution is 2.26. The minimum absolute atomic E-state index is 0.0307. The molecule has 0 unspecified atom stereocenters. The van der Waals surface area contributed by atoms with E-state index in [0.717, 1.165) is 31.8 Å². The first-order chi connectivity index (χ1) is 9.53. The van der Waals surface area contributed by atoms with Gasteiger partial charge in [-0.2, -0.15) is 0 Å². The zero-order chi connectivity index (χ0) is 14.3. The number of nitrogens with one attached hydrogen (secondary N) is 1. The van der Waals surface area contributed by atoms with Crippen LogP contribution in [0.4, 0.5) is 5.69 Å². The van der Waals surface area contributed by atoms with Crippen LogP contribution in [0.1, 0.15) is 25.6 Å². The first-order valence-corrected chi connectivity index (χ1v) is 7.02. The molecular weight excluding hydrogens is 252 g/mol. The zero-order valence-electron chi connectivity index (χ0n) is 11.9. The van der Waals surface area contributed by atoms with Crippen LogP contribution in [-0.2, 0) is 5.54 Å². The third kappa shape index (κ3) is 1.89. The van der Waals surface area contributed by atoms with Crippen molar-refractivity contribution in [2.45, 2.75) is 32.2 Å². The maximum absolute atomic E-state index is 12.9. The number of anilines is 1. The summed E-state index contributed by atoms with van der Waals surface area (Å²) in [5, 5.41) is 3.90. The summed E-state index contributed by atoms with van der Waals surface area (Å²) >= 11 is 0. The van der Waals surface area contributed by atoms with E-state index in [-0.39, 0.29) is 11.1 Å². The van der Waals surface area contributed by atoms with Crippen LogP contribution < -0.4 is 16.6 Å². The van der Waals surface area contributed by atoms with Crippen LogP contribution in [0.2, 0.25) is 0 Å². The van der Waals surface area contributed by atoms with Gasteiger partial charge in [-0.05, 0) is 45.4 Å². The Morgan fingerprint density at radius 1 is 1.45 bits per heavy atom. The predicted molar refractivity (Wildman–Crippen MR) is 80.9 cm³/mol. The van der Waals surface area contributed by atoms with Gasteiger partial charge in [0.2, 0.25) is 0 Å². The van der Waals surface area contributed by atoms with Crippen molar-refractivity contribution >= 4 is 16.6 Å². The zero-order valence-corrected chi connectivity index (χ0v) is 11.9. The van der Waals surface area contributed by atoms with Crippen LogP contribution in [0.3, 0.4) is 0 Å². The molecular formula is C15H20N4O. The molecule has 3 N–H and O–H groups in total. The number of benzene rings is 1. The minimum Gasteiger partial charge on any atom is -0.398 e. The quantitative estimate of drug-likeness (QED) is 0.769. The van der Waals surface area contributed by atoms with Crippen molar-refractivity contribution in [1.82, 2.24) is 14.9 Å². The van der Waals surface area contributed by atoms with Crippen molar-refractivity contribution < 1.29 is 0 Å². The fourth-order valence-electron chi connectivity index (χ4n) is 3.23. The molecule has 0 radical (unpaired) electrons. The van der Waals surface area contributed by atoms with Gasteiger partial charge < -0.3 is 11.1 Å². The number of fused-ring (bicyclic) bond motifs is 1. The Morgan fingerprint density at radius 3 is 2.95 bits per heavy atom.